The molecule has 1 unspecified atom stereocenters. The number of carbonyl (C=O) groups is 2. The quantitative estimate of drug-likeness (QED) is 0.0345. The summed E-state index contributed by atoms with van der Waals surface area (Å²) < 4.78 is 17.5. The van der Waals surface area contributed by atoms with Gasteiger partial charge in [0.2, 0.25) is 0 Å². The molecule has 1 atom stereocenters. The van der Waals surface area contributed by atoms with Gasteiger partial charge in [0.25, 0.3) is 0 Å². The van der Waals surface area contributed by atoms with Crippen LogP contribution in [0.15, 0.2) is 48.6 Å². The first kappa shape index (κ1) is 63.9. The third kappa shape index (κ3) is 54.5. The minimum absolute atomic E-state index is 0.0810. The van der Waals surface area contributed by atoms with E-state index in [0.717, 1.165) is 70.6 Å². The fourth-order valence-corrected chi connectivity index (χ4v) is 8.52. The molecular weight excluding hydrogens is 813 g/mol. The van der Waals surface area contributed by atoms with E-state index in [1.165, 1.54) is 199 Å². The SMILES string of the molecule is CC/C=C\C/C=C\C/C=C\CCCCCCCC(=O)OC(COCCCCCCCCCC/C=C\CCCCCCCC)COC(=O)CCCCCCCCCCCCCCCCCCC. The molecule has 66 heavy (non-hydrogen) atoms. The van der Waals surface area contributed by atoms with Crippen molar-refractivity contribution in [3.63, 3.8) is 0 Å². The summed E-state index contributed by atoms with van der Waals surface area (Å²) in [7, 11) is 0. The third-order valence-electron chi connectivity index (χ3n) is 12.8. The van der Waals surface area contributed by atoms with Gasteiger partial charge in [0.15, 0.2) is 6.10 Å². The summed E-state index contributed by atoms with van der Waals surface area (Å²) >= 11 is 0. The Bertz CT molecular complexity index is 1090. The Kier molecular flexibility index (Phi) is 55.3. The van der Waals surface area contributed by atoms with Gasteiger partial charge < -0.3 is 14.2 Å². The Morgan fingerprint density at radius 3 is 1.11 bits per heavy atom. The van der Waals surface area contributed by atoms with E-state index in [1.807, 2.05) is 0 Å². The highest BCUT2D eigenvalue weighted by molar-refractivity contribution is 5.70. The van der Waals surface area contributed by atoms with Crippen molar-refractivity contribution in [1.29, 1.82) is 0 Å². The molecule has 5 heteroatoms. The van der Waals surface area contributed by atoms with Gasteiger partial charge in [0.1, 0.15) is 6.61 Å². The van der Waals surface area contributed by atoms with Crippen LogP contribution in [0, 0.1) is 0 Å². The number of carbonyl (C=O) groups excluding carboxylic acids is 2. The Balaban J connectivity index is 4.26. The average molecular weight is 926 g/mol. The lowest BCUT2D eigenvalue weighted by molar-refractivity contribution is -0.163. The minimum atomic E-state index is -0.545. The highest BCUT2D eigenvalue weighted by Crippen LogP contribution is 2.16. The summed E-state index contributed by atoms with van der Waals surface area (Å²) in [6.45, 7) is 7.74. The van der Waals surface area contributed by atoms with Crippen LogP contribution in [0.5, 0.6) is 0 Å². The van der Waals surface area contributed by atoms with Crippen LogP contribution >= 0.6 is 0 Å². The van der Waals surface area contributed by atoms with Crippen molar-refractivity contribution >= 4 is 11.9 Å². The van der Waals surface area contributed by atoms with Gasteiger partial charge in [-0.25, -0.2) is 0 Å². The largest absolute Gasteiger partial charge is 0.462 e. The van der Waals surface area contributed by atoms with Gasteiger partial charge in [0, 0.05) is 19.4 Å². The molecule has 0 heterocycles. The molecular formula is C61H112O5. The number of allylic oxidation sites excluding steroid dienone is 8. The summed E-state index contributed by atoms with van der Waals surface area (Å²) in [5.41, 5.74) is 0. The number of ether oxygens (including phenoxy) is 3. The van der Waals surface area contributed by atoms with Gasteiger partial charge in [-0.05, 0) is 77.0 Å². The molecule has 386 valence electrons. The topological polar surface area (TPSA) is 61.8 Å². The molecule has 0 radical (unpaired) electrons. The molecule has 0 bridgehead atoms. The standard InChI is InChI=1S/C61H112O5/c1-4-7-10-13-16-19-22-25-28-30-32-35-38-41-44-47-50-53-56-64-57-59(66-61(63)55-52-49-46-43-40-37-33-27-24-21-18-15-12-9-6-3)58-65-60(62)54-51-48-45-42-39-36-34-31-29-26-23-20-17-14-11-8-5-2/h9,12,18,21,25,27-28,33,59H,4-8,10-11,13-17,19-20,22-24,26,29-32,34-58H2,1-3H3/b12-9-,21-18-,28-25-,33-27-. The van der Waals surface area contributed by atoms with Crippen molar-refractivity contribution in [2.24, 2.45) is 0 Å². The second-order valence-corrected chi connectivity index (χ2v) is 19.5. The molecule has 0 aromatic rings. The van der Waals surface area contributed by atoms with E-state index in [-0.39, 0.29) is 25.2 Å². The maximum Gasteiger partial charge on any atom is 0.306 e. The first-order valence-corrected chi connectivity index (χ1v) is 29.2. The van der Waals surface area contributed by atoms with Crippen molar-refractivity contribution in [2.75, 3.05) is 19.8 Å². The van der Waals surface area contributed by atoms with E-state index >= 15 is 0 Å². The second kappa shape index (κ2) is 57.2. The summed E-state index contributed by atoms with van der Waals surface area (Å²) in [4.78, 5) is 25.5. The Hall–Kier alpha value is -2.14. The lowest BCUT2D eigenvalue weighted by Crippen LogP contribution is -2.30. The first-order chi connectivity index (χ1) is 32.6. The minimum Gasteiger partial charge on any atom is -0.462 e. The van der Waals surface area contributed by atoms with E-state index in [1.54, 1.807) is 0 Å². The third-order valence-corrected chi connectivity index (χ3v) is 12.8. The molecule has 0 aliphatic heterocycles. The van der Waals surface area contributed by atoms with Crippen molar-refractivity contribution < 1.29 is 23.8 Å². The molecule has 0 aliphatic carbocycles. The average Bonchev–Trinajstić information content (AvgIpc) is 3.32. The molecule has 0 saturated heterocycles. The zero-order valence-corrected chi connectivity index (χ0v) is 44.5. The van der Waals surface area contributed by atoms with Gasteiger partial charge in [-0.1, -0.05) is 262 Å². The van der Waals surface area contributed by atoms with E-state index in [2.05, 4.69) is 69.4 Å². The van der Waals surface area contributed by atoms with Crippen molar-refractivity contribution in [1.82, 2.24) is 0 Å². The lowest BCUT2D eigenvalue weighted by atomic mass is 10.0. The van der Waals surface area contributed by atoms with Gasteiger partial charge >= 0.3 is 11.9 Å². The van der Waals surface area contributed by atoms with Crippen molar-refractivity contribution in [2.45, 2.75) is 309 Å². The molecule has 0 amide bonds. The maximum atomic E-state index is 12.8. The van der Waals surface area contributed by atoms with E-state index in [9.17, 15) is 9.59 Å². The van der Waals surface area contributed by atoms with Crippen molar-refractivity contribution in [3.05, 3.63) is 48.6 Å². The lowest BCUT2D eigenvalue weighted by Gasteiger charge is -2.18. The van der Waals surface area contributed by atoms with Gasteiger partial charge in [0.05, 0.1) is 6.61 Å². The molecule has 5 nitrogen and oxygen atoms in total. The summed E-state index contributed by atoms with van der Waals surface area (Å²) in [6.07, 6.45) is 71.3. The zero-order chi connectivity index (χ0) is 47.7. The van der Waals surface area contributed by atoms with Gasteiger partial charge in [-0.2, -0.15) is 0 Å². The van der Waals surface area contributed by atoms with E-state index < -0.39 is 6.10 Å². The summed E-state index contributed by atoms with van der Waals surface area (Å²) in [5.74, 6) is -0.402. The van der Waals surface area contributed by atoms with Gasteiger partial charge in [-0.15, -0.1) is 0 Å². The fraction of sp³-hybridized carbons (Fsp3) is 0.836. The molecule has 0 aliphatic rings. The zero-order valence-electron chi connectivity index (χ0n) is 44.5. The normalized spacial score (nSPS) is 12.5. The number of hydrogen-bond donors (Lipinski definition) is 0. The van der Waals surface area contributed by atoms with Crippen LogP contribution < -0.4 is 0 Å². The van der Waals surface area contributed by atoms with Gasteiger partial charge in [-0.3, -0.25) is 9.59 Å². The van der Waals surface area contributed by atoms with E-state index in [0.29, 0.717) is 19.4 Å². The fourth-order valence-electron chi connectivity index (χ4n) is 8.52. The molecule has 0 spiro atoms. The number of rotatable bonds is 54. The predicted molar refractivity (Wildman–Crippen MR) is 288 cm³/mol. The molecule has 0 aromatic carbocycles. The second-order valence-electron chi connectivity index (χ2n) is 19.5. The van der Waals surface area contributed by atoms with Crippen LogP contribution in [0.25, 0.3) is 0 Å². The van der Waals surface area contributed by atoms with Crippen LogP contribution in [-0.2, 0) is 23.8 Å². The van der Waals surface area contributed by atoms with E-state index in [4.69, 9.17) is 14.2 Å². The Morgan fingerprint density at radius 1 is 0.348 bits per heavy atom. The van der Waals surface area contributed by atoms with Crippen molar-refractivity contribution in [3.8, 4) is 0 Å². The smallest absolute Gasteiger partial charge is 0.306 e. The highest BCUT2D eigenvalue weighted by Gasteiger charge is 2.17. The first-order valence-electron chi connectivity index (χ1n) is 29.2. The Morgan fingerprint density at radius 2 is 0.682 bits per heavy atom. The number of unbranched alkanes of at least 4 members (excludes halogenated alkanes) is 35. The summed E-state index contributed by atoms with van der Waals surface area (Å²) in [6, 6.07) is 0. The predicted octanol–water partition coefficient (Wildman–Crippen LogP) is 19.9. The molecule has 0 saturated carbocycles. The van der Waals surface area contributed by atoms with Crippen LogP contribution in [0.1, 0.15) is 303 Å². The molecule has 0 fully saturated rings. The Labute approximate surface area is 412 Å². The highest BCUT2D eigenvalue weighted by atomic mass is 16.6. The molecule has 0 N–H and O–H groups in total. The van der Waals surface area contributed by atoms with Crippen LogP contribution in [0.2, 0.25) is 0 Å². The van der Waals surface area contributed by atoms with Crippen LogP contribution in [0.3, 0.4) is 0 Å². The van der Waals surface area contributed by atoms with Crippen LogP contribution in [0.4, 0.5) is 0 Å². The molecule has 0 rings (SSSR count). The number of hydrogen-bond acceptors (Lipinski definition) is 5. The maximum absolute atomic E-state index is 12.8. The number of esters is 2. The monoisotopic (exact) mass is 925 g/mol. The molecule has 0 aromatic heterocycles. The summed E-state index contributed by atoms with van der Waals surface area (Å²) in [5, 5.41) is 0. The van der Waals surface area contributed by atoms with Crippen LogP contribution in [-0.4, -0.2) is 37.9 Å².